The van der Waals surface area contributed by atoms with E-state index in [1.54, 1.807) is 0 Å². The molecule has 0 aromatic carbocycles. The van der Waals surface area contributed by atoms with Crippen molar-refractivity contribution in [3.63, 3.8) is 0 Å². The highest BCUT2D eigenvalue weighted by atomic mass is 32.2. The minimum absolute atomic E-state index is 0.0371. The van der Waals surface area contributed by atoms with Crippen molar-refractivity contribution in [2.45, 2.75) is 44.7 Å². The summed E-state index contributed by atoms with van der Waals surface area (Å²) >= 11 is 0. The van der Waals surface area contributed by atoms with E-state index in [1.807, 2.05) is 0 Å². The zero-order chi connectivity index (χ0) is 13.1. The molecule has 0 radical (unpaired) electrons. The van der Waals surface area contributed by atoms with E-state index in [1.165, 1.54) is 0 Å². The lowest BCUT2D eigenvalue weighted by atomic mass is 10.2. The Bertz CT molecular complexity index is 367. The summed E-state index contributed by atoms with van der Waals surface area (Å²) in [4.78, 5) is 11.6. The summed E-state index contributed by atoms with van der Waals surface area (Å²) in [5.74, 6) is 0.327. The molecule has 3 N–H and O–H groups in total. The predicted octanol–water partition coefficient (Wildman–Crippen LogP) is 0.0532. The molecule has 0 bridgehead atoms. The Kier molecular flexibility index (Phi) is 4.94. The zero-order valence-corrected chi connectivity index (χ0v) is 11.3. The number of amides is 1. The largest absolute Gasteiger partial charge is 0.352 e. The van der Waals surface area contributed by atoms with Gasteiger partial charge in [0.1, 0.15) is 9.84 Å². The first-order chi connectivity index (χ1) is 7.83. The van der Waals surface area contributed by atoms with Crippen molar-refractivity contribution in [2.75, 3.05) is 12.0 Å². The Morgan fingerprint density at radius 2 is 2.18 bits per heavy atom. The standard InChI is InChI=1S/C11H22N2O3S/c1-3-4-8-7-10(8)13-11(14)9(12)5-6-17(2,15)16/h8-10H,3-7,12H2,1-2H3,(H,13,14). The first-order valence-electron chi connectivity index (χ1n) is 6.07. The quantitative estimate of drug-likeness (QED) is 0.678. The Morgan fingerprint density at radius 3 is 2.71 bits per heavy atom. The lowest BCUT2D eigenvalue weighted by Gasteiger charge is -2.11. The first kappa shape index (κ1) is 14.4. The van der Waals surface area contributed by atoms with Gasteiger partial charge >= 0.3 is 0 Å². The van der Waals surface area contributed by atoms with Crippen LogP contribution in [0.25, 0.3) is 0 Å². The smallest absolute Gasteiger partial charge is 0.237 e. The third-order valence-electron chi connectivity index (χ3n) is 3.05. The molecule has 0 aliphatic heterocycles. The van der Waals surface area contributed by atoms with Gasteiger partial charge in [0.25, 0.3) is 0 Å². The number of hydrogen-bond donors (Lipinski definition) is 2. The summed E-state index contributed by atoms with van der Waals surface area (Å²) in [7, 11) is -3.04. The molecule has 3 unspecified atom stereocenters. The lowest BCUT2D eigenvalue weighted by Crippen LogP contribution is -2.42. The molecule has 6 heteroatoms. The van der Waals surface area contributed by atoms with E-state index in [2.05, 4.69) is 12.2 Å². The second-order valence-electron chi connectivity index (χ2n) is 4.92. The molecule has 0 aromatic rings. The molecule has 3 atom stereocenters. The molecule has 17 heavy (non-hydrogen) atoms. The topological polar surface area (TPSA) is 89.3 Å². The van der Waals surface area contributed by atoms with E-state index in [0.717, 1.165) is 25.5 Å². The van der Waals surface area contributed by atoms with Crippen molar-refractivity contribution >= 4 is 15.7 Å². The molecule has 5 nitrogen and oxygen atoms in total. The second kappa shape index (κ2) is 5.82. The fraction of sp³-hybridized carbons (Fsp3) is 0.909. The van der Waals surface area contributed by atoms with Crippen LogP contribution in [0.1, 0.15) is 32.6 Å². The van der Waals surface area contributed by atoms with Crippen molar-refractivity contribution < 1.29 is 13.2 Å². The molecule has 1 saturated carbocycles. The van der Waals surface area contributed by atoms with Crippen LogP contribution in [0.3, 0.4) is 0 Å². The molecule has 0 aromatic heterocycles. The van der Waals surface area contributed by atoms with Crippen LogP contribution in [-0.4, -0.2) is 38.4 Å². The summed E-state index contributed by atoms with van der Waals surface area (Å²) in [6.07, 6.45) is 4.62. The summed E-state index contributed by atoms with van der Waals surface area (Å²) in [5, 5.41) is 2.87. The Hall–Kier alpha value is -0.620. The van der Waals surface area contributed by atoms with E-state index >= 15 is 0 Å². The molecule has 1 fully saturated rings. The Balaban J connectivity index is 2.24. The van der Waals surface area contributed by atoms with Crippen molar-refractivity contribution in [3.8, 4) is 0 Å². The number of nitrogens with one attached hydrogen (secondary N) is 1. The zero-order valence-electron chi connectivity index (χ0n) is 10.5. The molecular weight excluding hydrogens is 240 g/mol. The maximum atomic E-state index is 11.6. The maximum absolute atomic E-state index is 11.6. The van der Waals surface area contributed by atoms with Crippen molar-refractivity contribution in [1.29, 1.82) is 0 Å². The van der Waals surface area contributed by atoms with Gasteiger partial charge in [-0.3, -0.25) is 4.79 Å². The van der Waals surface area contributed by atoms with E-state index in [9.17, 15) is 13.2 Å². The van der Waals surface area contributed by atoms with Crippen LogP contribution in [0, 0.1) is 5.92 Å². The maximum Gasteiger partial charge on any atom is 0.237 e. The van der Waals surface area contributed by atoms with Crippen LogP contribution < -0.4 is 11.1 Å². The predicted molar refractivity (Wildman–Crippen MR) is 67.2 cm³/mol. The van der Waals surface area contributed by atoms with Gasteiger partial charge in [0, 0.05) is 12.3 Å². The van der Waals surface area contributed by atoms with Crippen LogP contribution in [0.2, 0.25) is 0 Å². The highest BCUT2D eigenvalue weighted by Crippen LogP contribution is 2.34. The number of hydrogen-bond acceptors (Lipinski definition) is 4. The summed E-state index contributed by atoms with van der Waals surface area (Å²) in [6, 6.07) is -0.459. The third kappa shape index (κ3) is 5.50. The second-order valence-corrected chi connectivity index (χ2v) is 7.18. The van der Waals surface area contributed by atoms with Crippen molar-refractivity contribution in [2.24, 2.45) is 11.7 Å². The fourth-order valence-electron chi connectivity index (χ4n) is 1.88. The highest BCUT2D eigenvalue weighted by molar-refractivity contribution is 7.90. The minimum Gasteiger partial charge on any atom is -0.352 e. The number of nitrogens with two attached hydrogens (primary N) is 1. The lowest BCUT2D eigenvalue weighted by molar-refractivity contribution is -0.122. The van der Waals surface area contributed by atoms with E-state index < -0.39 is 15.9 Å². The molecule has 1 rings (SSSR count). The van der Waals surface area contributed by atoms with Crippen molar-refractivity contribution in [3.05, 3.63) is 0 Å². The van der Waals surface area contributed by atoms with E-state index in [0.29, 0.717) is 5.92 Å². The minimum atomic E-state index is -3.04. The molecule has 100 valence electrons. The molecule has 1 aliphatic carbocycles. The van der Waals surface area contributed by atoms with Gasteiger partial charge in [-0.2, -0.15) is 0 Å². The average Bonchev–Trinajstić information content (AvgIpc) is 2.92. The summed E-state index contributed by atoms with van der Waals surface area (Å²) in [6.45, 7) is 2.12. The average molecular weight is 262 g/mol. The molecular formula is C11H22N2O3S. The SMILES string of the molecule is CCCC1CC1NC(=O)C(N)CCS(C)(=O)=O. The van der Waals surface area contributed by atoms with Crippen LogP contribution in [0.4, 0.5) is 0 Å². The highest BCUT2D eigenvalue weighted by Gasteiger charge is 2.37. The molecule has 1 amide bonds. The van der Waals surface area contributed by atoms with Crippen molar-refractivity contribution in [1.82, 2.24) is 5.32 Å². The van der Waals surface area contributed by atoms with Crippen LogP contribution in [0.15, 0.2) is 0 Å². The van der Waals surface area contributed by atoms with Crippen LogP contribution in [-0.2, 0) is 14.6 Å². The van der Waals surface area contributed by atoms with Gasteiger partial charge in [-0.15, -0.1) is 0 Å². The number of carbonyl (C=O) groups is 1. The summed E-state index contributed by atoms with van der Waals surface area (Å²) < 4.78 is 21.9. The first-order valence-corrected chi connectivity index (χ1v) is 8.13. The van der Waals surface area contributed by atoms with Gasteiger partial charge < -0.3 is 11.1 Å². The molecule has 0 spiro atoms. The Morgan fingerprint density at radius 1 is 1.53 bits per heavy atom. The van der Waals surface area contributed by atoms with Crippen LogP contribution in [0.5, 0.6) is 0 Å². The van der Waals surface area contributed by atoms with Gasteiger partial charge in [-0.05, 0) is 25.2 Å². The van der Waals surface area contributed by atoms with Crippen LogP contribution >= 0.6 is 0 Å². The summed E-state index contributed by atoms with van der Waals surface area (Å²) in [5.41, 5.74) is 5.64. The Labute approximate surface area is 103 Å². The van der Waals surface area contributed by atoms with Gasteiger partial charge in [0.05, 0.1) is 11.8 Å². The third-order valence-corrected chi connectivity index (χ3v) is 4.02. The molecule has 0 heterocycles. The molecule has 0 saturated heterocycles. The van der Waals surface area contributed by atoms with Gasteiger partial charge in [0.2, 0.25) is 5.91 Å². The number of carbonyl (C=O) groups excluding carboxylic acids is 1. The molecule has 1 aliphatic rings. The normalized spacial score (nSPS) is 25.4. The number of rotatable bonds is 7. The monoisotopic (exact) mass is 262 g/mol. The van der Waals surface area contributed by atoms with E-state index in [-0.39, 0.29) is 24.1 Å². The van der Waals surface area contributed by atoms with Gasteiger partial charge in [-0.1, -0.05) is 13.3 Å². The number of sulfone groups is 1. The van der Waals surface area contributed by atoms with E-state index in [4.69, 9.17) is 5.73 Å². The van der Waals surface area contributed by atoms with Gasteiger partial charge in [0.15, 0.2) is 0 Å². The fourth-order valence-corrected chi connectivity index (χ4v) is 2.56. The van der Waals surface area contributed by atoms with Gasteiger partial charge in [-0.25, -0.2) is 8.42 Å².